The molecular weight excluding hydrogens is 352 g/mol. The molecule has 1 saturated heterocycles. The number of ether oxygens (including phenoxy) is 1. The fraction of sp³-hybridized carbons (Fsp3) is 0.611. The van der Waals surface area contributed by atoms with Gasteiger partial charge in [0.2, 0.25) is 10.0 Å². The molecule has 2 rings (SSSR count). The lowest BCUT2D eigenvalue weighted by molar-refractivity contribution is 0.0200. The molecule has 1 aromatic carbocycles. The van der Waals surface area contributed by atoms with Crippen molar-refractivity contribution in [1.29, 1.82) is 0 Å². The van der Waals surface area contributed by atoms with E-state index in [0.29, 0.717) is 19.0 Å². The van der Waals surface area contributed by atoms with E-state index >= 15 is 0 Å². The van der Waals surface area contributed by atoms with E-state index in [1.807, 2.05) is 18.2 Å². The average molecular weight is 383 g/mol. The maximum absolute atomic E-state index is 12.1. The van der Waals surface area contributed by atoms with Gasteiger partial charge in [0.05, 0.1) is 11.9 Å². The van der Waals surface area contributed by atoms with Crippen molar-refractivity contribution >= 4 is 16.0 Å². The first-order valence-electron chi connectivity index (χ1n) is 9.16. The molecule has 3 N–H and O–H groups in total. The van der Waals surface area contributed by atoms with Crippen molar-refractivity contribution in [3.8, 4) is 0 Å². The highest BCUT2D eigenvalue weighted by atomic mass is 32.2. The number of aliphatic imine (C=N–C) groups is 1. The molecule has 0 aromatic heterocycles. The number of hydrogen-bond acceptors (Lipinski definition) is 4. The number of hydrogen-bond donors (Lipinski definition) is 3. The second kappa shape index (κ2) is 11.2. The molecule has 1 unspecified atom stereocenters. The fourth-order valence-corrected chi connectivity index (χ4v) is 3.71. The number of rotatable bonds is 9. The van der Waals surface area contributed by atoms with Crippen molar-refractivity contribution in [2.24, 2.45) is 4.99 Å². The highest BCUT2D eigenvalue weighted by Crippen LogP contribution is 2.11. The fourth-order valence-electron chi connectivity index (χ4n) is 2.75. The second-order valence-electron chi connectivity index (χ2n) is 6.32. The lowest BCUT2D eigenvalue weighted by Gasteiger charge is -2.22. The van der Waals surface area contributed by atoms with E-state index in [2.05, 4.69) is 32.5 Å². The Hall–Kier alpha value is -1.64. The van der Waals surface area contributed by atoms with Gasteiger partial charge in [-0.3, -0.25) is 4.99 Å². The van der Waals surface area contributed by atoms with E-state index in [1.54, 1.807) is 7.05 Å². The molecule has 1 aromatic rings. The van der Waals surface area contributed by atoms with Crippen molar-refractivity contribution in [2.45, 2.75) is 31.8 Å². The summed E-state index contributed by atoms with van der Waals surface area (Å²) in [5, 5.41) is 6.23. The summed E-state index contributed by atoms with van der Waals surface area (Å²) < 4.78 is 32.3. The molecule has 1 heterocycles. The quantitative estimate of drug-likeness (QED) is 0.436. The Balaban J connectivity index is 1.62. The highest BCUT2D eigenvalue weighted by molar-refractivity contribution is 7.89. The van der Waals surface area contributed by atoms with Crippen molar-refractivity contribution in [3.63, 3.8) is 0 Å². The summed E-state index contributed by atoms with van der Waals surface area (Å²) in [6.45, 7) is 2.10. The summed E-state index contributed by atoms with van der Waals surface area (Å²) in [6.07, 6.45) is 3.95. The van der Waals surface area contributed by atoms with E-state index in [9.17, 15) is 8.42 Å². The minimum Gasteiger partial charge on any atom is -0.377 e. The molecule has 1 atom stereocenters. The van der Waals surface area contributed by atoms with E-state index in [-0.39, 0.29) is 11.9 Å². The third-order valence-electron chi connectivity index (χ3n) is 4.24. The van der Waals surface area contributed by atoms with Gasteiger partial charge < -0.3 is 15.4 Å². The van der Waals surface area contributed by atoms with Gasteiger partial charge in [-0.2, -0.15) is 0 Å². The third-order valence-corrected chi connectivity index (χ3v) is 5.59. The standard InChI is InChI=1S/C18H30N4O3S/c1-19-18(20-11-10-16-7-3-2-4-8-16)21-12-14-26(23,24)22-15-17-9-5-6-13-25-17/h2-4,7-8,17,22H,5-6,9-15H2,1H3,(H2,19,20,21). The minimum absolute atomic E-state index is 0.000888. The molecule has 0 saturated carbocycles. The van der Waals surface area contributed by atoms with Crippen molar-refractivity contribution < 1.29 is 13.2 Å². The zero-order valence-electron chi connectivity index (χ0n) is 15.4. The monoisotopic (exact) mass is 382 g/mol. The first-order chi connectivity index (χ1) is 12.6. The van der Waals surface area contributed by atoms with Gasteiger partial charge in [-0.25, -0.2) is 13.1 Å². The number of benzene rings is 1. The molecule has 0 aliphatic carbocycles. The van der Waals surface area contributed by atoms with E-state index in [0.717, 1.165) is 38.8 Å². The van der Waals surface area contributed by atoms with Crippen molar-refractivity contribution in [3.05, 3.63) is 35.9 Å². The van der Waals surface area contributed by atoms with Gasteiger partial charge in [0, 0.05) is 33.3 Å². The first-order valence-corrected chi connectivity index (χ1v) is 10.8. The van der Waals surface area contributed by atoms with E-state index < -0.39 is 10.0 Å². The Morgan fingerprint density at radius 3 is 2.65 bits per heavy atom. The minimum atomic E-state index is -3.32. The summed E-state index contributed by atoms with van der Waals surface area (Å²) in [5.74, 6) is 0.603. The third kappa shape index (κ3) is 8.16. The predicted octanol–water partition coefficient (Wildman–Crippen LogP) is 0.883. The van der Waals surface area contributed by atoms with Crippen LogP contribution in [0.15, 0.2) is 35.3 Å². The van der Waals surface area contributed by atoms with Crippen LogP contribution in [-0.2, 0) is 21.2 Å². The van der Waals surface area contributed by atoms with Crippen LogP contribution in [0.5, 0.6) is 0 Å². The van der Waals surface area contributed by atoms with E-state index in [4.69, 9.17) is 4.74 Å². The Morgan fingerprint density at radius 2 is 1.96 bits per heavy atom. The maximum atomic E-state index is 12.1. The lowest BCUT2D eigenvalue weighted by Crippen LogP contribution is -2.43. The topological polar surface area (TPSA) is 91.8 Å². The summed E-state index contributed by atoms with van der Waals surface area (Å²) in [7, 11) is -1.65. The van der Waals surface area contributed by atoms with E-state index in [1.165, 1.54) is 5.56 Å². The Morgan fingerprint density at radius 1 is 1.19 bits per heavy atom. The van der Waals surface area contributed by atoms with Gasteiger partial charge in [-0.05, 0) is 31.2 Å². The maximum Gasteiger partial charge on any atom is 0.213 e. The van der Waals surface area contributed by atoms with Crippen LogP contribution in [-0.4, -0.2) is 59.5 Å². The second-order valence-corrected chi connectivity index (χ2v) is 8.24. The van der Waals surface area contributed by atoms with Gasteiger partial charge >= 0.3 is 0 Å². The van der Waals surface area contributed by atoms with Gasteiger partial charge in [0.25, 0.3) is 0 Å². The molecule has 0 amide bonds. The van der Waals surface area contributed by atoms with Gasteiger partial charge in [-0.1, -0.05) is 30.3 Å². The first kappa shape index (κ1) is 20.7. The zero-order valence-corrected chi connectivity index (χ0v) is 16.2. The van der Waals surface area contributed by atoms with Crippen molar-refractivity contribution in [1.82, 2.24) is 15.4 Å². The summed E-state index contributed by atoms with van der Waals surface area (Å²) in [5.41, 5.74) is 1.24. The normalized spacial score (nSPS) is 18.5. The van der Waals surface area contributed by atoms with Crippen LogP contribution in [0.3, 0.4) is 0 Å². The van der Waals surface area contributed by atoms with Crippen LogP contribution >= 0.6 is 0 Å². The van der Waals surface area contributed by atoms with Gasteiger partial charge in [-0.15, -0.1) is 0 Å². The Kier molecular flexibility index (Phi) is 8.87. The van der Waals surface area contributed by atoms with Crippen LogP contribution in [0.1, 0.15) is 24.8 Å². The molecule has 26 heavy (non-hydrogen) atoms. The number of guanidine groups is 1. The largest absolute Gasteiger partial charge is 0.377 e. The number of sulfonamides is 1. The molecular formula is C18H30N4O3S. The summed E-state index contributed by atoms with van der Waals surface area (Å²) >= 11 is 0. The van der Waals surface area contributed by atoms with Crippen LogP contribution in [0, 0.1) is 0 Å². The highest BCUT2D eigenvalue weighted by Gasteiger charge is 2.17. The molecule has 1 aliphatic rings. The predicted molar refractivity (Wildman–Crippen MR) is 105 cm³/mol. The SMILES string of the molecule is CN=C(NCCc1ccccc1)NCCS(=O)(=O)NCC1CCCCO1. The van der Waals surface area contributed by atoms with Gasteiger partial charge in [0.15, 0.2) is 5.96 Å². The van der Waals surface area contributed by atoms with Gasteiger partial charge in [0.1, 0.15) is 0 Å². The lowest BCUT2D eigenvalue weighted by atomic mass is 10.1. The average Bonchev–Trinajstić information content (AvgIpc) is 2.67. The molecule has 1 aliphatic heterocycles. The molecule has 8 heteroatoms. The molecule has 0 spiro atoms. The summed E-state index contributed by atoms with van der Waals surface area (Å²) in [6, 6.07) is 10.2. The van der Waals surface area contributed by atoms with Crippen LogP contribution < -0.4 is 15.4 Å². The smallest absolute Gasteiger partial charge is 0.213 e. The van der Waals surface area contributed by atoms with Crippen LogP contribution in [0.2, 0.25) is 0 Å². The molecule has 146 valence electrons. The van der Waals surface area contributed by atoms with Crippen LogP contribution in [0.4, 0.5) is 0 Å². The molecule has 0 radical (unpaired) electrons. The Labute approximate surface area is 156 Å². The Bertz CT molecular complexity index is 644. The molecule has 1 fully saturated rings. The summed E-state index contributed by atoms with van der Waals surface area (Å²) in [4.78, 5) is 4.12. The zero-order chi connectivity index (χ0) is 18.7. The molecule has 0 bridgehead atoms. The van der Waals surface area contributed by atoms with Crippen molar-refractivity contribution in [2.75, 3.05) is 39.0 Å². The van der Waals surface area contributed by atoms with Crippen LogP contribution in [0.25, 0.3) is 0 Å². The number of nitrogens with one attached hydrogen (secondary N) is 3. The number of nitrogens with zero attached hydrogens (tertiary/aromatic N) is 1. The molecule has 7 nitrogen and oxygen atoms in total.